The van der Waals surface area contributed by atoms with Crippen LogP contribution in [0, 0.1) is 5.92 Å². The number of likely N-dealkylation sites (tertiary alicyclic amines) is 1. The molecule has 1 fully saturated rings. The van der Waals surface area contributed by atoms with Crippen molar-refractivity contribution in [2.45, 2.75) is 43.4 Å². The summed E-state index contributed by atoms with van der Waals surface area (Å²) in [4.78, 5) is 15.2. The molecule has 1 saturated heterocycles. The molecule has 5 nitrogen and oxygen atoms in total. The van der Waals surface area contributed by atoms with Gasteiger partial charge in [-0.3, -0.25) is 0 Å². The molecule has 1 N–H and O–H groups in total. The number of ether oxygens (including phenoxy) is 2. The molecule has 2 heterocycles. The molecule has 2 bridgehead atoms. The molecule has 4 atom stereocenters. The number of aliphatic hydroxyl groups is 1. The van der Waals surface area contributed by atoms with E-state index in [0.29, 0.717) is 17.7 Å². The Labute approximate surface area is 188 Å². The number of piperidine rings is 1. The molecule has 5 heteroatoms. The molecule has 1 spiro atoms. The minimum absolute atomic E-state index is 0.0575. The lowest BCUT2D eigenvalue weighted by Gasteiger charge is -2.56. The predicted molar refractivity (Wildman–Crippen MR) is 121 cm³/mol. The highest BCUT2D eigenvalue weighted by molar-refractivity contribution is 5.88. The molecule has 4 unspecified atom stereocenters. The summed E-state index contributed by atoms with van der Waals surface area (Å²) in [7, 11) is 2.21. The highest BCUT2D eigenvalue weighted by atomic mass is 16.6. The highest BCUT2D eigenvalue weighted by Gasteiger charge is 2.64. The van der Waals surface area contributed by atoms with E-state index >= 15 is 0 Å². The fourth-order valence-electron chi connectivity index (χ4n) is 6.49. The van der Waals surface area contributed by atoms with Crippen LogP contribution >= 0.6 is 0 Å². The van der Waals surface area contributed by atoms with Gasteiger partial charge in [-0.25, -0.2) is 4.79 Å². The second-order valence-corrected chi connectivity index (χ2v) is 9.40. The number of allylic oxidation sites excluding steroid dienone is 1. The number of nitrogens with zero attached hydrogens (tertiary/aromatic N) is 1. The zero-order valence-corrected chi connectivity index (χ0v) is 18.2. The lowest BCUT2D eigenvalue weighted by molar-refractivity contribution is -0.136. The van der Waals surface area contributed by atoms with Crippen LogP contribution < -0.4 is 4.74 Å². The molecule has 164 valence electrons. The number of esters is 1. The van der Waals surface area contributed by atoms with Crippen LogP contribution in [0.3, 0.4) is 0 Å². The van der Waals surface area contributed by atoms with E-state index in [9.17, 15) is 9.90 Å². The van der Waals surface area contributed by atoms with Crippen LogP contribution in [-0.4, -0.2) is 41.7 Å². The summed E-state index contributed by atoms with van der Waals surface area (Å²) < 4.78 is 12.5. The smallest absolute Gasteiger partial charge is 0.335 e. The maximum Gasteiger partial charge on any atom is 0.335 e. The third-order valence-electron chi connectivity index (χ3n) is 7.93. The first-order valence-electron chi connectivity index (χ1n) is 11.4. The number of aliphatic hydroxyl groups excluding tert-OH is 1. The van der Waals surface area contributed by atoms with E-state index in [2.05, 4.69) is 24.1 Å². The SMILES string of the molecule is CN1CCC23c4c5ccc(CO)c4OC2C(OC(=O)/C=C/c2ccccc2)=CCC3C1C5. The Morgan fingerprint density at radius 1 is 1.28 bits per heavy atom. The maximum absolute atomic E-state index is 12.7. The van der Waals surface area contributed by atoms with Crippen LogP contribution in [0.15, 0.2) is 60.4 Å². The lowest BCUT2D eigenvalue weighted by Crippen LogP contribution is -2.63. The number of carbonyl (C=O) groups excluding carboxylic acids is 1. The normalized spacial score (nSPS) is 29.9. The Balaban J connectivity index is 1.37. The molecule has 6 rings (SSSR count). The van der Waals surface area contributed by atoms with Gasteiger partial charge >= 0.3 is 5.97 Å². The standard InChI is InChI=1S/C27H27NO4/c1-28-14-13-27-20-10-11-22(31-23(30)12-7-17-5-3-2-4-6-17)26(27)32-25-19(16-29)9-8-18(24(25)27)15-21(20)28/h2-9,11-12,20-21,26,29H,10,13-16H2,1H3/b12-7+. The van der Waals surface area contributed by atoms with Gasteiger partial charge in [0, 0.05) is 28.7 Å². The van der Waals surface area contributed by atoms with Crippen molar-refractivity contribution in [2.24, 2.45) is 5.92 Å². The Morgan fingerprint density at radius 2 is 2.12 bits per heavy atom. The number of hydrogen-bond donors (Lipinski definition) is 1. The molecule has 32 heavy (non-hydrogen) atoms. The van der Waals surface area contributed by atoms with Crippen LogP contribution in [-0.2, 0) is 28.0 Å². The second kappa shape index (κ2) is 7.32. The molecule has 0 aromatic heterocycles. The minimum atomic E-state index is -0.391. The monoisotopic (exact) mass is 429 g/mol. The van der Waals surface area contributed by atoms with Crippen LogP contribution in [0.2, 0.25) is 0 Å². The third-order valence-corrected chi connectivity index (χ3v) is 7.93. The summed E-state index contributed by atoms with van der Waals surface area (Å²) in [6, 6.07) is 14.3. The fraction of sp³-hybridized carbons (Fsp3) is 0.370. The Kier molecular flexibility index (Phi) is 4.52. The van der Waals surface area contributed by atoms with Gasteiger partial charge in [-0.05, 0) is 62.1 Å². The van der Waals surface area contributed by atoms with Gasteiger partial charge in [0.1, 0.15) is 11.5 Å². The largest absolute Gasteiger partial charge is 0.481 e. The molecular weight excluding hydrogens is 402 g/mol. The molecule has 4 aliphatic rings. The van der Waals surface area contributed by atoms with Gasteiger partial charge in [0.25, 0.3) is 0 Å². The average Bonchev–Trinajstić information content (AvgIpc) is 3.17. The lowest BCUT2D eigenvalue weighted by atomic mass is 9.53. The van der Waals surface area contributed by atoms with Crippen LogP contribution in [0.25, 0.3) is 6.08 Å². The predicted octanol–water partition coefficient (Wildman–Crippen LogP) is 3.60. The summed E-state index contributed by atoms with van der Waals surface area (Å²) in [5.41, 5.74) is 4.14. The molecule has 2 aromatic carbocycles. The van der Waals surface area contributed by atoms with E-state index in [0.717, 1.165) is 42.7 Å². The van der Waals surface area contributed by atoms with E-state index in [1.807, 2.05) is 36.4 Å². The van der Waals surface area contributed by atoms with E-state index < -0.39 is 5.97 Å². The van der Waals surface area contributed by atoms with Crippen LogP contribution in [0.4, 0.5) is 0 Å². The van der Waals surface area contributed by atoms with Crippen molar-refractivity contribution in [3.8, 4) is 5.75 Å². The highest BCUT2D eigenvalue weighted by Crippen LogP contribution is 2.62. The first-order chi connectivity index (χ1) is 15.6. The van der Waals surface area contributed by atoms with Gasteiger partial charge in [-0.1, -0.05) is 42.5 Å². The molecule has 0 amide bonds. The van der Waals surface area contributed by atoms with Crippen molar-refractivity contribution in [3.05, 3.63) is 82.6 Å². The molecule has 0 radical (unpaired) electrons. The first-order valence-corrected chi connectivity index (χ1v) is 11.4. The number of benzene rings is 2. The van der Waals surface area contributed by atoms with E-state index in [1.165, 1.54) is 17.2 Å². The zero-order chi connectivity index (χ0) is 21.9. The molecule has 2 aliphatic carbocycles. The van der Waals surface area contributed by atoms with E-state index in [1.54, 1.807) is 6.08 Å². The number of rotatable bonds is 4. The number of hydrogen-bond acceptors (Lipinski definition) is 5. The van der Waals surface area contributed by atoms with Crippen molar-refractivity contribution in [1.29, 1.82) is 0 Å². The average molecular weight is 430 g/mol. The summed E-state index contributed by atoms with van der Waals surface area (Å²) >= 11 is 0. The molecular formula is C27H27NO4. The van der Waals surface area contributed by atoms with Crippen LogP contribution in [0.5, 0.6) is 5.75 Å². The van der Waals surface area contributed by atoms with Gasteiger partial charge in [-0.2, -0.15) is 0 Å². The van der Waals surface area contributed by atoms with Crippen LogP contribution in [0.1, 0.15) is 35.1 Å². The van der Waals surface area contributed by atoms with E-state index in [-0.39, 0.29) is 18.1 Å². The van der Waals surface area contributed by atoms with Gasteiger partial charge in [-0.15, -0.1) is 0 Å². The number of likely N-dealkylation sites (N-methyl/N-ethyl adjacent to an activating group) is 1. The van der Waals surface area contributed by atoms with E-state index in [4.69, 9.17) is 9.47 Å². The Morgan fingerprint density at radius 3 is 2.94 bits per heavy atom. The second-order valence-electron chi connectivity index (χ2n) is 9.40. The van der Waals surface area contributed by atoms with Crippen molar-refractivity contribution in [1.82, 2.24) is 4.90 Å². The summed E-state index contributed by atoms with van der Waals surface area (Å²) in [5.74, 6) is 1.44. The summed E-state index contributed by atoms with van der Waals surface area (Å²) in [6.45, 7) is 0.927. The van der Waals surface area contributed by atoms with Crippen molar-refractivity contribution < 1.29 is 19.4 Å². The zero-order valence-electron chi connectivity index (χ0n) is 18.2. The fourth-order valence-corrected chi connectivity index (χ4v) is 6.49. The number of carbonyl (C=O) groups is 1. The summed E-state index contributed by atoms with van der Waals surface area (Å²) in [5, 5.41) is 9.97. The van der Waals surface area contributed by atoms with Crippen molar-refractivity contribution in [3.63, 3.8) is 0 Å². The molecule has 0 saturated carbocycles. The molecule has 2 aliphatic heterocycles. The Hall–Kier alpha value is -2.89. The summed E-state index contributed by atoms with van der Waals surface area (Å²) in [6.07, 6.45) is 7.80. The minimum Gasteiger partial charge on any atom is -0.481 e. The quantitative estimate of drug-likeness (QED) is 0.595. The topological polar surface area (TPSA) is 59.0 Å². The van der Waals surface area contributed by atoms with Gasteiger partial charge in [0.05, 0.1) is 6.61 Å². The van der Waals surface area contributed by atoms with Crippen molar-refractivity contribution in [2.75, 3.05) is 13.6 Å². The Bertz CT molecular complexity index is 1140. The first kappa shape index (κ1) is 19.8. The van der Waals surface area contributed by atoms with Crippen molar-refractivity contribution >= 4 is 12.0 Å². The van der Waals surface area contributed by atoms with Gasteiger partial charge in [0.2, 0.25) is 0 Å². The third kappa shape index (κ3) is 2.74. The molecule has 2 aromatic rings. The van der Waals surface area contributed by atoms with Gasteiger partial charge < -0.3 is 19.5 Å². The van der Waals surface area contributed by atoms with Gasteiger partial charge in [0.15, 0.2) is 6.10 Å². The maximum atomic E-state index is 12.7.